The second kappa shape index (κ2) is 4.70. The van der Waals surface area contributed by atoms with Crippen molar-refractivity contribution in [3.8, 4) is 0 Å². The average Bonchev–Trinajstić information content (AvgIpc) is 3.06. The summed E-state index contributed by atoms with van der Waals surface area (Å²) < 4.78 is 0. The van der Waals surface area contributed by atoms with Gasteiger partial charge in [0.05, 0.1) is 5.60 Å². The molecule has 0 aliphatic heterocycles. The molecule has 1 heterocycles. The van der Waals surface area contributed by atoms with E-state index in [0.717, 1.165) is 18.5 Å². The molecule has 110 valence electrons. The Morgan fingerprint density at radius 1 is 1.14 bits per heavy atom. The van der Waals surface area contributed by atoms with Gasteiger partial charge in [-0.25, -0.2) is 0 Å². The Balaban J connectivity index is 1.60. The Hall–Kier alpha value is -1.61. The van der Waals surface area contributed by atoms with Gasteiger partial charge in [-0.3, -0.25) is 5.10 Å². The highest BCUT2D eigenvalue weighted by atomic mass is 16.3. The lowest BCUT2D eigenvalue weighted by atomic mass is 9.76. The van der Waals surface area contributed by atoms with Crippen LogP contribution in [0.3, 0.4) is 0 Å². The Morgan fingerprint density at radius 2 is 1.95 bits per heavy atom. The van der Waals surface area contributed by atoms with Gasteiger partial charge in [0.15, 0.2) is 0 Å². The molecular weight excluding hydrogens is 260 g/mol. The Kier molecular flexibility index (Phi) is 2.93. The van der Waals surface area contributed by atoms with Gasteiger partial charge in [-0.1, -0.05) is 30.3 Å². The van der Waals surface area contributed by atoms with E-state index in [9.17, 15) is 5.11 Å². The maximum Gasteiger partial charge on any atom is 0.0789 e. The fourth-order valence-electron chi connectivity index (χ4n) is 4.35. The van der Waals surface area contributed by atoms with Gasteiger partial charge in [-0.15, -0.1) is 0 Å². The van der Waals surface area contributed by atoms with Crippen molar-refractivity contribution in [2.45, 2.75) is 44.1 Å². The molecule has 1 spiro atoms. The third-order valence-electron chi connectivity index (χ3n) is 5.76. The van der Waals surface area contributed by atoms with Crippen molar-refractivity contribution in [3.63, 3.8) is 0 Å². The number of aromatic nitrogens is 2. The standard InChI is InChI=1S/C18H22N2O/c21-18(13-16-7-11-19-20-16)15(6-8-17(18)9-10-17)12-14-4-2-1-3-5-14/h1-5,7,11,15,21H,6,8-10,12-13H2,(H,19,20). The van der Waals surface area contributed by atoms with Crippen LogP contribution < -0.4 is 0 Å². The zero-order chi connectivity index (χ0) is 14.3. The first-order valence-corrected chi connectivity index (χ1v) is 7.96. The molecule has 3 heteroatoms. The van der Waals surface area contributed by atoms with Crippen LogP contribution in [-0.4, -0.2) is 20.9 Å². The lowest BCUT2D eigenvalue weighted by molar-refractivity contribution is -0.0483. The van der Waals surface area contributed by atoms with Crippen molar-refractivity contribution in [1.29, 1.82) is 0 Å². The smallest absolute Gasteiger partial charge is 0.0789 e. The lowest BCUT2D eigenvalue weighted by Crippen LogP contribution is -2.44. The summed E-state index contributed by atoms with van der Waals surface area (Å²) >= 11 is 0. The normalized spacial score (nSPS) is 29.9. The van der Waals surface area contributed by atoms with Crippen LogP contribution in [0.1, 0.15) is 36.9 Å². The first-order valence-electron chi connectivity index (χ1n) is 7.96. The fraction of sp³-hybridized carbons (Fsp3) is 0.500. The number of nitrogens with zero attached hydrogens (tertiary/aromatic N) is 1. The third-order valence-corrected chi connectivity index (χ3v) is 5.76. The maximum absolute atomic E-state index is 11.5. The number of hydrogen-bond acceptors (Lipinski definition) is 2. The van der Waals surface area contributed by atoms with Crippen LogP contribution in [0.5, 0.6) is 0 Å². The average molecular weight is 282 g/mol. The molecule has 2 N–H and O–H groups in total. The van der Waals surface area contributed by atoms with Gasteiger partial charge in [0, 0.05) is 18.3 Å². The summed E-state index contributed by atoms with van der Waals surface area (Å²) in [6.07, 6.45) is 8.15. The van der Waals surface area contributed by atoms with Crippen LogP contribution in [0.4, 0.5) is 0 Å². The predicted molar refractivity (Wildman–Crippen MR) is 81.8 cm³/mol. The first-order chi connectivity index (χ1) is 10.2. The third kappa shape index (κ3) is 2.11. The number of aliphatic hydroxyl groups is 1. The molecule has 21 heavy (non-hydrogen) atoms. The summed E-state index contributed by atoms with van der Waals surface area (Å²) in [6.45, 7) is 0. The van der Waals surface area contributed by atoms with E-state index in [1.165, 1.54) is 24.8 Å². The number of aromatic amines is 1. The van der Waals surface area contributed by atoms with E-state index in [1.807, 2.05) is 6.07 Å². The van der Waals surface area contributed by atoms with Crippen LogP contribution in [0.15, 0.2) is 42.6 Å². The van der Waals surface area contributed by atoms with Crippen molar-refractivity contribution < 1.29 is 5.11 Å². The SMILES string of the molecule is OC1(Cc2ccn[nH]2)C(Cc2ccccc2)CCC12CC2. The Bertz CT molecular complexity index is 603. The molecule has 2 unspecified atom stereocenters. The number of hydrogen-bond donors (Lipinski definition) is 2. The lowest BCUT2D eigenvalue weighted by Gasteiger charge is -2.36. The molecule has 4 rings (SSSR count). The number of rotatable bonds is 4. The molecular formula is C18H22N2O. The van der Waals surface area contributed by atoms with Gasteiger partial charge < -0.3 is 5.11 Å². The second-order valence-corrected chi connectivity index (χ2v) is 6.89. The van der Waals surface area contributed by atoms with Crippen LogP contribution in [0.25, 0.3) is 0 Å². The van der Waals surface area contributed by atoms with Gasteiger partial charge in [0.2, 0.25) is 0 Å². The van der Waals surface area contributed by atoms with Crippen molar-refractivity contribution in [2.24, 2.45) is 11.3 Å². The van der Waals surface area contributed by atoms with E-state index >= 15 is 0 Å². The van der Waals surface area contributed by atoms with E-state index in [4.69, 9.17) is 0 Å². The van der Waals surface area contributed by atoms with Crippen LogP contribution in [0.2, 0.25) is 0 Å². The zero-order valence-electron chi connectivity index (χ0n) is 12.3. The molecule has 1 aromatic heterocycles. The highest BCUT2D eigenvalue weighted by Gasteiger charge is 2.65. The van der Waals surface area contributed by atoms with Crippen LogP contribution >= 0.6 is 0 Å². The molecule has 2 aromatic rings. The minimum atomic E-state index is -0.574. The highest BCUT2D eigenvalue weighted by molar-refractivity contribution is 5.23. The fourth-order valence-corrected chi connectivity index (χ4v) is 4.35. The Morgan fingerprint density at radius 3 is 2.62 bits per heavy atom. The van der Waals surface area contributed by atoms with E-state index in [-0.39, 0.29) is 5.41 Å². The summed E-state index contributed by atoms with van der Waals surface area (Å²) in [5.41, 5.74) is 2.00. The summed E-state index contributed by atoms with van der Waals surface area (Å²) in [6, 6.07) is 12.6. The van der Waals surface area contributed by atoms with Crippen LogP contribution in [0, 0.1) is 11.3 Å². The summed E-state index contributed by atoms with van der Waals surface area (Å²) in [4.78, 5) is 0. The Labute approximate surface area is 125 Å². The minimum absolute atomic E-state index is 0.178. The number of nitrogens with one attached hydrogen (secondary N) is 1. The number of H-pyrrole nitrogens is 1. The monoisotopic (exact) mass is 282 g/mol. The van der Waals surface area contributed by atoms with E-state index in [1.54, 1.807) is 6.20 Å². The summed E-state index contributed by atoms with van der Waals surface area (Å²) in [5, 5.41) is 18.6. The molecule has 2 aliphatic rings. The first kappa shape index (κ1) is 13.1. The van der Waals surface area contributed by atoms with Crippen molar-refractivity contribution in [2.75, 3.05) is 0 Å². The van der Waals surface area contributed by atoms with Gasteiger partial charge in [-0.05, 0) is 55.1 Å². The quantitative estimate of drug-likeness (QED) is 0.905. The molecule has 2 aliphatic carbocycles. The molecule has 2 fully saturated rings. The minimum Gasteiger partial charge on any atom is -0.389 e. The van der Waals surface area contributed by atoms with Gasteiger partial charge >= 0.3 is 0 Å². The molecule has 3 nitrogen and oxygen atoms in total. The molecule has 0 amide bonds. The van der Waals surface area contributed by atoms with Gasteiger partial charge in [0.1, 0.15) is 0 Å². The van der Waals surface area contributed by atoms with Crippen molar-refractivity contribution >= 4 is 0 Å². The zero-order valence-corrected chi connectivity index (χ0v) is 12.3. The topological polar surface area (TPSA) is 48.9 Å². The summed E-state index contributed by atoms with van der Waals surface area (Å²) in [7, 11) is 0. The maximum atomic E-state index is 11.5. The van der Waals surface area contributed by atoms with Crippen molar-refractivity contribution in [1.82, 2.24) is 10.2 Å². The highest BCUT2D eigenvalue weighted by Crippen LogP contribution is 2.66. The number of benzene rings is 1. The largest absolute Gasteiger partial charge is 0.389 e. The molecule has 0 saturated heterocycles. The second-order valence-electron chi connectivity index (χ2n) is 6.89. The van der Waals surface area contributed by atoms with Crippen molar-refractivity contribution in [3.05, 3.63) is 53.9 Å². The molecule has 2 atom stereocenters. The molecule has 0 bridgehead atoms. The van der Waals surface area contributed by atoms with Crippen LogP contribution in [-0.2, 0) is 12.8 Å². The predicted octanol–water partition coefficient (Wildman–Crippen LogP) is 3.12. The molecule has 2 saturated carbocycles. The van der Waals surface area contributed by atoms with E-state index < -0.39 is 5.60 Å². The molecule has 1 aromatic carbocycles. The van der Waals surface area contributed by atoms with E-state index in [0.29, 0.717) is 12.3 Å². The van der Waals surface area contributed by atoms with Gasteiger partial charge in [0.25, 0.3) is 0 Å². The summed E-state index contributed by atoms with van der Waals surface area (Å²) in [5.74, 6) is 0.353. The molecule has 0 radical (unpaired) electrons. The van der Waals surface area contributed by atoms with E-state index in [2.05, 4.69) is 40.5 Å². The van der Waals surface area contributed by atoms with Gasteiger partial charge in [-0.2, -0.15) is 5.10 Å².